The maximum absolute atomic E-state index is 4.76. The zero-order valence-corrected chi connectivity index (χ0v) is 15.2. The fourth-order valence-electron chi connectivity index (χ4n) is 2.29. The van der Waals surface area contributed by atoms with Gasteiger partial charge in [0.1, 0.15) is 0 Å². The van der Waals surface area contributed by atoms with Gasteiger partial charge in [0.2, 0.25) is 5.95 Å². The van der Waals surface area contributed by atoms with Crippen LogP contribution < -0.4 is 5.32 Å². The van der Waals surface area contributed by atoms with E-state index >= 15 is 0 Å². The van der Waals surface area contributed by atoms with E-state index < -0.39 is 0 Å². The summed E-state index contributed by atoms with van der Waals surface area (Å²) in [6, 6.07) is 8.35. The molecule has 6 heteroatoms. The van der Waals surface area contributed by atoms with Crippen molar-refractivity contribution in [1.82, 2.24) is 14.9 Å². The Labute approximate surface area is 144 Å². The van der Waals surface area contributed by atoms with Crippen LogP contribution in [0.1, 0.15) is 5.56 Å². The Kier molecular flexibility index (Phi) is 5.05. The SMILES string of the molecule is Cc1c(-c2cccs2)nc(NCCN(C)C)nc1-c1cccs1. The first-order valence-corrected chi connectivity index (χ1v) is 9.26. The molecule has 4 nitrogen and oxygen atoms in total. The third kappa shape index (κ3) is 3.77. The minimum absolute atomic E-state index is 0.698. The van der Waals surface area contributed by atoms with Crippen LogP contribution in [-0.4, -0.2) is 42.1 Å². The van der Waals surface area contributed by atoms with Crippen molar-refractivity contribution in [3.8, 4) is 21.1 Å². The second-order valence-corrected chi connectivity index (χ2v) is 7.45. The lowest BCUT2D eigenvalue weighted by Crippen LogP contribution is -2.21. The molecule has 3 aromatic heterocycles. The number of aromatic nitrogens is 2. The number of hydrogen-bond acceptors (Lipinski definition) is 6. The van der Waals surface area contributed by atoms with Crippen molar-refractivity contribution in [2.75, 3.05) is 32.5 Å². The van der Waals surface area contributed by atoms with Crippen molar-refractivity contribution in [3.63, 3.8) is 0 Å². The van der Waals surface area contributed by atoms with Crippen molar-refractivity contribution in [2.24, 2.45) is 0 Å². The van der Waals surface area contributed by atoms with Gasteiger partial charge in [-0.05, 0) is 43.9 Å². The lowest BCUT2D eigenvalue weighted by Gasteiger charge is -2.14. The molecule has 0 aliphatic heterocycles. The molecule has 23 heavy (non-hydrogen) atoms. The molecule has 0 aromatic carbocycles. The molecule has 0 spiro atoms. The summed E-state index contributed by atoms with van der Waals surface area (Å²) in [6.45, 7) is 3.87. The second-order valence-electron chi connectivity index (χ2n) is 5.55. The van der Waals surface area contributed by atoms with E-state index in [0.717, 1.165) is 30.0 Å². The van der Waals surface area contributed by atoms with Crippen molar-refractivity contribution >= 4 is 28.6 Å². The average Bonchev–Trinajstić information content (AvgIpc) is 3.21. The Morgan fingerprint density at radius 1 is 1.00 bits per heavy atom. The van der Waals surface area contributed by atoms with E-state index in [1.54, 1.807) is 22.7 Å². The Balaban J connectivity index is 2.00. The highest BCUT2D eigenvalue weighted by Gasteiger charge is 2.15. The van der Waals surface area contributed by atoms with Crippen molar-refractivity contribution in [3.05, 3.63) is 40.6 Å². The van der Waals surface area contributed by atoms with Crippen LogP contribution in [-0.2, 0) is 0 Å². The van der Waals surface area contributed by atoms with Crippen LogP contribution in [0.25, 0.3) is 21.1 Å². The van der Waals surface area contributed by atoms with Gasteiger partial charge in [0.05, 0.1) is 21.1 Å². The van der Waals surface area contributed by atoms with Crippen molar-refractivity contribution in [1.29, 1.82) is 0 Å². The van der Waals surface area contributed by atoms with Gasteiger partial charge in [-0.3, -0.25) is 0 Å². The van der Waals surface area contributed by atoms with Crippen LogP contribution in [0.3, 0.4) is 0 Å². The summed E-state index contributed by atoms with van der Waals surface area (Å²) >= 11 is 3.42. The van der Waals surface area contributed by atoms with Crippen molar-refractivity contribution in [2.45, 2.75) is 6.92 Å². The second kappa shape index (κ2) is 7.21. The molecule has 0 unspecified atom stereocenters. The first-order chi connectivity index (χ1) is 11.1. The number of rotatable bonds is 6. The first-order valence-electron chi connectivity index (χ1n) is 7.50. The molecule has 0 bridgehead atoms. The summed E-state index contributed by atoms with van der Waals surface area (Å²) < 4.78 is 0. The highest BCUT2D eigenvalue weighted by molar-refractivity contribution is 7.14. The number of thiophene rings is 2. The minimum Gasteiger partial charge on any atom is -0.353 e. The topological polar surface area (TPSA) is 41.1 Å². The zero-order valence-electron chi connectivity index (χ0n) is 13.5. The molecule has 0 aliphatic rings. The summed E-state index contributed by atoms with van der Waals surface area (Å²) in [5.74, 6) is 0.698. The molecule has 0 amide bonds. The third-order valence-corrected chi connectivity index (χ3v) is 5.25. The zero-order chi connectivity index (χ0) is 16.2. The van der Waals surface area contributed by atoms with Gasteiger partial charge in [-0.25, -0.2) is 9.97 Å². The number of nitrogens with one attached hydrogen (secondary N) is 1. The lowest BCUT2D eigenvalue weighted by molar-refractivity contribution is 0.425. The minimum atomic E-state index is 0.698. The normalized spacial score (nSPS) is 11.1. The standard InChI is InChI=1S/C17H20N4S2/c1-12-15(13-6-4-10-22-13)19-17(18-8-9-21(2)3)20-16(12)14-7-5-11-23-14/h4-7,10-11H,8-9H2,1-3H3,(H,18,19,20). The van der Waals surface area contributed by atoms with Crippen LogP contribution in [0.2, 0.25) is 0 Å². The maximum Gasteiger partial charge on any atom is 0.223 e. The Morgan fingerprint density at radius 2 is 1.57 bits per heavy atom. The van der Waals surface area contributed by atoms with Gasteiger partial charge in [-0.1, -0.05) is 12.1 Å². The highest BCUT2D eigenvalue weighted by atomic mass is 32.1. The van der Waals surface area contributed by atoms with Crippen LogP contribution >= 0.6 is 22.7 Å². The highest BCUT2D eigenvalue weighted by Crippen LogP contribution is 2.34. The molecule has 120 valence electrons. The number of likely N-dealkylation sites (N-methyl/N-ethyl adjacent to an activating group) is 1. The molecule has 3 heterocycles. The molecule has 0 atom stereocenters. The lowest BCUT2D eigenvalue weighted by atomic mass is 10.1. The van der Waals surface area contributed by atoms with Crippen molar-refractivity contribution < 1.29 is 0 Å². The maximum atomic E-state index is 4.76. The molecule has 1 N–H and O–H groups in total. The van der Waals surface area contributed by atoms with E-state index in [2.05, 4.69) is 66.3 Å². The molecule has 0 fully saturated rings. The van der Waals surface area contributed by atoms with E-state index in [9.17, 15) is 0 Å². The van der Waals surface area contributed by atoms with E-state index in [0.29, 0.717) is 5.95 Å². The van der Waals surface area contributed by atoms with Gasteiger partial charge < -0.3 is 10.2 Å². The monoisotopic (exact) mass is 344 g/mol. The molecular formula is C17H20N4S2. The predicted molar refractivity (Wildman–Crippen MR) is 100 cm³/mol. The van der Waals surface area contributed by atoms with Gasteiger partial charge in [0.25, 0.3) is 0 Å². The van der Waals surface area contributed by atoms with Crippen LogP contribution in [0.5, 0.6) is 0 Å². The largest absolute Gasteiger partial charge is 0.353 e. The van der Waals surface area contributed by atoms with Crippen LogP contribution in [0.15, 0.2) is 35.0 Å². The quantitative estimate of drug-likeness (QED) is 0.727. The fraction of sp³-hybridized carbons (Fsp3) is 0.294. The fourth-order valence-corrected chi connectivity index (χ4v) is 3.84. The molecule has 3 aromatic rings. The smallest absolute Gasteiger partial charge is 0.223 e. The summed E-state index contributed by atoms with van der Waals surface area (Å²) in [5, 5.41) is 7.52. The van der Waals surface area contributed by atoms with Gasteiger partial charge in [-0.15, -0.1) is 22.7 Å². The van der Waals surface area contributed by atoms with E-state index in [1.165, 1.54) is 9.75 Å². The van der Waals surface area contributed by atoms with Gasteiger partial charge >= 0.3 is 0 Å². The summed E-state index contributed by atoms with van der Waals surface area (Å²) in [6.07, 6.45) is 0. The molecule has 3 rings (SSSR count). The molecule has 0 saturated heterocycles. The average molecular weight is 345 g/mol. The van der Waals surface area contributed by atoms with Gasteiger partial charge in [0.15, 0.2) is 0 Å². The third-order valence-electron chi connectivity index (χ3n) is 3.50. The molecular weight excluding hydrogens is 324 g/mol. The van der Waals surface area contributed by atoms with E-state index in [1.807, 2.05) is 0 Å². The summed E-state index contributed by atoms with van der Waals surface area (Å²) in [4.78, 5) is 14.0. The predicted octanol–water partition coefficient (Wildman–Crippen LogP) is 4.22. The first kappa shape index (κ1) is 16.1. The summed E-state index contributed by atoms with van der Waals surface area (Å²) in [5.41, 5.74) is 3.17. The van der Waals surface area contributed by atoms with Crippen LogP contribution in [0, 0.1) is 6.92 Å². The Bertz CT molecular complexity index is 694. The van der Waals surface area contributed by atoms with E-state index in [4.69, 9.17) is 9.97 Å². The van der Waals surface area contributed by atoms with E-state index in [-0.39, 0.29) is 0 Å². The molecule has 0 saturated carbocycles. The van der Waals surface area contributed by atoms with Crippen LogP contribution in [0.4, 0.5) is 5.95 Å². The molecule has 0 aliphatic carbocycles. The van der Waals surface area contributed by atoms with Gasteiger partial charge in [0, 0.05) is 18.7 Å². The summed E-state index contributed by atoms with van der Waals surface area (Å²) in [7, 11) is 4.12. The number of nitrogens with zero attached hydrogens (tertiary/aromatic N) is 3. The Hall–Kier alpha value is -1.76. The molecule has 0 radical (unpaired) electrons. The number of anilines is 1. The van der Waals surface area contributed by atoms with Gasteiger partial charge in [-0.2, -0.15) is 0 Å². The Morgan fingerprint density at radius 3 is 2.00 bits per heavy atom. The number of hydrogen-bond donors (Lipinski definition) is 1.